The average molecular weight is 360 g/mol. The Morgan fingerprint density at radius 2 is 1.81 bits per heavy atom. The minimum Gasteiger partial charge on any atom is -0.489 e. The molecule has 0 amide bonds. The normalized spacial score (nSPS) is 14.1. The van der Waals surface area contributed by atoms with E-state index in [1.807, 2.05) is 31.2 Å². The fourth-order valence-corrected chi connectivity index (χ4v) is 2.90. The molecule has 3 aromatic carbocycles. The predicted octanol–water partition coefficient (Wildman–Crippen LogP) is 5.33. The molecule has 0 aliphatic carbocycles. The smallest absolute Gasteiger partial charge is 0.231 e. The van der Waals surface area contributed by atoms with Crippen molar-refractivity contribution in [2.24, 2.45) is 0 Å². The minimum atomic E-state index is -0.324. The molecule has 1 heterocycles. The Morgan fingerprint density at radius 1 is 1.04 bits per heavy atom. The van der Waals surface area contributed by atoms with Crippen molar-refractivity contribution >= 4 is 11.9 Å². The maximum atomic E-state index is 13.0. The van der Waals surface area contributed by atoms with Gasteiger partial charge in [-0.1, -0.05) is 36.4 Å². The Kier molecular flexibility index (Phi) is 4.47. The van der Waals surface area contributed by atoms with Crippen LogP contribution in [0.3, 0.4) is 0 Å². The van der Waals surface area contributed by atoms with Crippen molar-refractivity contribution in [1.29, 1.82) is 0 Å². The summed E-state index contributed by atoms with van der Waals surface area (Å²) >= 11 is 0. The first kappa shape index (κ1) is 17.0. The molecule has 0 atom stereocenters. The molecular formula is C23H17FO3. The molecule has 1 aliphatic heterocycles. The number of ether oxygens (including phenoxy) is 2. The number of fused-ring (bicyclic) bond motifs is 1. The van der Waals surface area contributed by atoms with E-state index in [0.29, 0.717) is 29.2 Å². The lowest BCUT2D eigenvalue weighted by Crippen LogP contribution is -1.98. The van der Waals surface area contributed by atoms with Crippen LogP contribution in [0.1, 0.15) is 27.0 Å². The highest BCUT2D eigenvalue weighted by Gasteiger charge is 2.27. The Morgan fingerprint density at radius 3 is 2.59 bits per heavy atom. The third-order valence-electron chi connectivity index (χ3n) is 4.46. The Balaban J connectivity index is 1.52. The summed E-state index contributed by atoms with van der Waals surface area (Å²) in [5, 5.41) is 0. The van der Waals surface area contributed by atoms with Crippen LogP contribution in [0.5, 0.6) is 11.5 Å². The molecule has 27 heavy (non-hydrogen) atoms. The van der Waals surface area contributed by atoms with E-state index in [1.165, 1.54) is 12.1 Å². The van der Waals surface area contributed by atoms with Gasteiger partial charge in [0, 0.05) is 6.07 Å². The van der Waals surface area contributed by atoms with E-state index in [9.17, 15) is 9.18 Å². The largest absolute Gasteiger partial charge is 0.489 e. The molecule has 0 saturated carbocycles. The SMILES string of the molecule is Cc1ccccc1COc1ccc2c(c1)OC(=Cc1ccc(F)cc1)C2=O. The predicted molar refractivity (Wildman–Crippen MR) is 101 cm³/mol. The Hall–Kier alpha value is -3.40. The average Bonchev–Trinajstić information content (AvgIpc) is 2.98. The van der Waals surface area contributed by atoms with Gasteiger partial charge in [0.25, 0.3) is 0 Å². The second-order valence-corrected chi connectivity index (χ2v) is 6.36. The summed E-state index contributed by atoms with van der Waals surface area (Å²) in [4.78, 5) is 12.5. The number of allylic oxidation sites excluding steroid dienone is 1. The lowest BCUT2D eigenvalue weighted by Gasteiger charge is -2.09. The molecule has 0 radical (unpaired) electrons. The molecule has 3 aromatic rings. The van der Waals surface area contributed by atoms with Gasteiger partial charge in [-0.15, -0.1) is 0 Å². The summed E-state index contributed by atoms with van der Waals surface area (Å²) < 4.78 is 24.6. The van der Waals surface area contributed by atoms with Crippen LogP contribution in [0, 0.1) is 12.7 Å². The number of halogens is 1. The second-order valence-electron chi connectivity index (χ2n) is 6.36. The van der Waals surface area contributed by atoms with Crippen LogP contribution in [0.25, 0.3) is 6.08 Å². The van der Waals surface area contributed by atoms with Crippen LogP contribution in [0.4, 0.5) is 4.39 Å². The number of rotatable bonds is 4. The molecule has 3 nitrogen and oxygen atoms in total. The number of carbonyl (C=O) groups is 1. The molecule has 0 aromatic heterocycles. The first-order valence-electron chi connectivity index (χ1n) is 8.61. The molecule has 0 fully saturated rings. The highest BCUT2D eigenvalue weighted by atomic mass is 19.1. The molecule has 4 heteroatoms. The molecule has 0 saturated heterocycles. The van der Waals surface area contributed by atoms with Gasteiger partial charge in [-0.3, -0.25) is 4.79 Å². The highest BCUT2D eigenvalue weighted by Crippen LogP contribution is 2.35. The van der Waals surface area contributed by atoms with Crippen LogP contribution in [-0.4, -0.2) is 5.78 Å². The fourth-order valence-electron chi connectivity index (χ4n) is 2.90. The number of aryl methyl sites for hydroxylation is 1. The van der Waals surface area contributed by atoms with Crippen LogP contribution >= 0.6 is 0 Å². The van der Waals surface area contributed by atoms with Crippen molar-refractivity contribution in [2.45, 2.75) is 13.5 Å². The third-order valence-corrected chi connectivity index (χ3v) is 4.46. The number of hydrogen-bond donors (Lipinski definition) is 0. The van der Waals surface area contributed by atoms with E-state index < -0.39 is 0 Å². The Bertz CT molecular complexity index is 1040. The standard InChI is InChI=1S/C23H17FO3/c1-15-4-2-3-5-17(15)14-26-19-10-11-20-21(13-19)27-22(23(20)25)12-16-6-8-18(24)9-7-16/h2-13H,14H2,1H3. The molecule has 134 valence electrons. The number of carbonyl (C=O) groups excluding carboxylic acids is 1. The van der Waals surface area contributed by atoms with Gasteiger partial charge < -0.3 is 9.47 Å². The van der Waals surface area contributed by atoms with Crippen molar-refractivity contribution < 1.29 is 18.7 Å². The maximum absolute atomic E-state index is 13.0. The maximum Gasteiger partial charge on any atom is 0.231 e. The number of Topliss-reactive ketones (excluding diaryl/α,β-unsaturated/α-hetero) is 1. The van der Waals surface area contributed by atoms with E-state index in [2.05, 4.69) is 0 Å². The van der Waals surface area contributed by atoms with Gasteiger partial charge in [0.15, 0.2) is 5.76 Å². The monoisotopic (exact) mass is 360 g/mol. The molecule has 0 N–H and O–H groups in total. The fraction of sp³-hybridized carbons (Fsp3) is 0.0870. The molecule has 0 bridgehead atoms. The third kappa shape index (κ3) is 3.60. The summed E-state index contributed by atoms with van der Waals surface area (Å²) in [6, 6.07) is 19.1. The zero-order chi connectivity index (χ0) is 18.8. The van der Waals surface area contributed by atoms with Gasteiger partial charge in [0.1, 0.15) is 23.9 Å². The van der Waals surface area contributed by atoms with E-state index in [4.69, 9.17) is 9.47 Å². The Labute approximate surface area is 156 Å². The van der Waals surface area contributed by atoms with Gasteiger partial charge in [-0.2, -0.15) is 0 Å². The number of hydrogen-bond acceptors (Lipinski definition) is 3. The summed E-state index contributed by atoms with van der Waals surface area (Å²) in [6.07, 6.45) is 1.61. The van der Waals surface area contributed by atoms with Gasteiger partial charge in [0.2, 0.25) is 5.78 Å². The van der Waals surface area contributed by atoms with E-state index in [0.717, 1.165) is 11.1 Å². The van der Waals surface area contributed by atoms with Crippen molar-refractivity contribution in [3.05, 3.63) is 101 Å². The van der Waals surface area contributed by atoms with Crippen LogP contribution < -0.4 is 9.47 Å². The minimum absolute atomic E-state index is 0.195. The van der Waals surface area contributed by atoms with Crippen molar-refractivity contribution in [3.63, 3.8) is 0 Å². The summed E-state index contributed by atoms with van der Waals surface area (Å²) in [5.41, 5.74) is 3.46. The van der Waals surface area contributed by atoms with E-state index >= 15 is 0 Å². The lowest BCUT2D eigenvalue weighted by molar-refractivity contribution is 0.101. The van der Waals surface area contributed by atoms with E-state index in [-0.39, 0.29) is 17.4 Å². The first-order chi connectivity index (χ1) is 13.1. The summed E-state index contributed by atoms with van der Waals surface area (Å²) in [7, 11) is 0. The van der Waals surface area contributed by atoms with Gasteiger partial charge >= 0.3 is 0 Å². The lowest BCUT2D eigenvalue weighted by atomic mass is 10.1. The van der Waals surface area contributed by atoms with E-state index in [1.54, 1.807) is 36.4 Å². The van der Waals surface area contributed by atoms with Gasteiger partial charge in [-0.05, 0) is 54.0 Å². The summed E-state index contributed by atoms with van der Waals surface area (Å²) in [6.45, 7) is 2.48. The second kappa shape index (κ2) is 7.08. The topological polar surface area (TPSA) is 35.5 Å². The van der Waals surface area contributed by atoms with Crippen molar-refractivity contribution in [3.8, 4) is 11.5 Å². The summed E-state index contributed by atoms with van der Waals surface area (Å²) in [5.74, 6) is 0.797. The quantitative estimate of drug-likeness (QED) is 0.590. The molecular weight excluding hydrogens is 343 g/mol. The molecule has 1 aliphatic rings. The molecule has 0 unspecified atom stereocenters. The van der Waals surface area contributed by atoms with Gasteiger partial charge in [0.05, 0.1) is 5.56 Å². The van der Waals surface area contributed by atoms with Crippen molar-refractivity contribution in [1.82, 2.24) is 0 Å². The zero-order valence-electron chi connectivity index (χ0n) is 14.7. The highest BCUT2D eigenvalue weighted by molar-refractivity contribution is 6.14. The number of ketones is 1. The molecule has 0 spiro atoms. The van der Waals surface area contributed by atoms with Crippen LogP contribution in [-0.2, 0) is 6.61 Å². The van der Waals surface area contributed by atoms with Crippen LogP contribution in [0.15, 0.2) is 72.5 Å². The number of benzene rings is 3. The zero-order valence-corrected chi connectivity index (χ0v) is 14.7. The van der Waals surface area contributed by atoms with Gasteiger partial charge in [-0.25, -0.2) is 4.39 Å². The first-order valence-corrected chi connectivity index (χ1v) is 8.61. The van der Waals surface area contributed by atoms with Crippen LogP contribution in [0.2, 0.25) is 0 Å². The molecule has 4 rings (SSSR count). The van der Waals surface area contributed by atoms with Crippen molar-refractivity contribution in [2.75, 3.05) is 0 Å².